The van der Waals surface area contributed by atoms with Gasteiger partial charge in [-0.15, -0.1) is 10.2 Å². The number of benzene rings is 2. The number of Topliss-reactive ketones (excluding diaryl/α,β-unsaturated/α-hetero) is 1. The maximum Gasteiger partial charge on any atom is 0.416 e. The van der Waals surface area contributed by atoms with Gasteiger partial charge in [0, 0.05) is 17.5 Å². The lowest BCUT2D eigenvalue weighted by Gasteiger charge is -2.11. The summed E-state index contributed by atoms with van der Waals surface area (Å²) in [5, 5.41) is 12.1. The van der Waals surface area contributed by atoms with Crippen LogP contribution in [0.15, 0.2) is 42.5 Å². The second-order valence-electron chi connectivity index (χ2n) is 6.52. The van der Waals surface area contributed by atoms with E-state index in [2.05, 4.69) is 15.4 Å². The van der Waals surface area contributed by atoms with Crippen molar-refractivity contribution >= 4 is 5.78 Å². The zero-order valence-corrected chi connectivity index (χ0v) is 15.5. The first-order valence-corrected chi connectivity index (χ1v) is 8.84. The summed E-state index contributed by atoms with van der Waals surface area (Å²) < 4.78 is 38.3. The lowest BCUT2D eigenvalue weighted by atomic mass is 9.95. The first-order valence-electron chi connectivity index (χ1n) is 8.84. The van der Waals surface area contributed by atoms with Gasteiger partial charge < -0.3 is 0 Å². The molecule has 0 amide bonds. The molecule has 0 atom stereocenters. The van der Waals surface area contributed by atoms with Crippen LogP contribution in [0.25, 0.3) is 11.4 Å². The number of rotatable bonds is 6. The number of hydrogen-bond acceptors (Lipinski definition) is 4. The van der Waals surface area contributed by atoms with Gasteiger partial charge in [0.05, 0.1) is 12.6 Å². The minimum Gasteiger partial charge on any atom is -0.294 e. The summed E-state index contributed by atoms with van der Waals surface area (Å²) in [4.78, 5) is 13.6. The van der Waals surface area contributed by atoms with Gasteiger partial charge in [-0.25, -0.2) is 0 Å². The van der Waals surface area contributed by atoms with E-state index >= 15 is 0 Å². The van der Waals surface area contributed by atoms with Gasteiger partial charge in [0.2, 0.25) is 5.82 Å². The number of ketones is 1. The standard InChI is InChI=1S/C20H19F3N4O/c1-3-4-18(28)15-8-7-14(17(12-15)19-24-26-27(2)25-19)11-13-5-9-16(10-6-13)20(21,22)23/h5-10,12H,3-4,11H2,1-2H3. The van der Waals surface area contributed by atoms with Gasteiger partial charge in [-0.05, 0) is 47.4 Å². The quantitative estimate of drug-likeness (QED) is 0.585. The van der Waals surface area contributed by atoms with Crippen LogP contribution in [-0.2, 0) is 19.6 Å². The number of halogens is 3. The van der Waals surface area contributed by atoms with Crippen LogP contribution < -0.4 is 0 Å². The summed E-state index contributed by atoms with van der Waals surface area (Å²) in [7, 11) is 1.64. The third kappa shape index (κ3) is 4.44. The van der Waals surface area contributed by atoms with E-state index < -0.39 is 11.7 Å². The molecule has 3 aromatic rings. The smallest absolute Gasteiger partial charge is 0.294 e. The van der Waals surface area contributed by atoms with Gasteiger partial charge in [-0.3, -0.25) is 4.79 Å². The largest absolute Gasteiger partial charge is 0.416 e. The Bertz CT molecular complexity index is 978. The van der Waals surface area contributed by atoms with Crippen molar-refractivity contribution in [3.05, 3.63) is 64.7 Å². The topological polar surface area (TPSA) is 60.7 Å². The molecule has 0 radical (unpaired) electrons. The summed E-state index contributed by atoms with van der Waals surface area (Å²) in [6.07, 6.45) is -2.81. The first kappa shape index (κ1) is 19.7. The number of aryl methyl sites for hydroxylation is 1. The number of alkyl halides is 3. The molecule has 0 aliphatic heterocycles. The lowest BCUT2D eigenvalue weighted by molar-refractivity contribution is -0.137. The molecule has 5 nitrogen and oxygen atoms in total. The Hall–Kier alpha value is -3.03. The van der Waals surface area contributed by atoms with Crippen molar-refractivity contribution in [2.24, 2.45) is 7.05 Å². The molecule has 0 bridgehead atoms. The number of hydrogen-bond donors (Lipinski definition) is 0. The Morgan fingerprint density at radius 1 is 1.11 bits per heavy atom. The van der Waals surface area contributed by atoms with E-state index in [1.807, 2.05) is 6.92 Å². The highest BCUT2D eigenvalue weighted by Gasteiger charge is 2.30. The predicted octanol–water partition coefficient (Wildman–Crippen LogP) is 4.47. The number of tetrazole rings is 1. The second kappa shape index (κ2) is 7.92. The third-order valence-electron chi connectivity index (χ3n) is 4.33. The molecule has 0 aliphatic carbocycles. The molecule has 3 rings (SSSR count). The number of nitrogens with zero attached hydrogens (tertiary/aromatic N) is 4. The fourth-order valence-electron chi connectivity index (χ4n) is 2.91. The zero-order valence-electron chi connectivity index (χ0n) is 15.5. The van der Waals surface area contributed by atoms with Crippen molar-refractivity contribution in [3.8, 4) is 11.4 Å². The average Bonchev–Trinajstić information content (AvgIpc) is 3.08. The average molecular weight is 388 g/mol. The van der Waals surface area contributed by atoms with Crippen LogP contribution in [0, 0.1) is 0 Å². The minimum atomic E-state index is -4.37. The van der Waals surface area contributed by atoms with Gasteiger partial charge in [-0.1, -0.05) is 31.2 Å². The molecule has 28 heavy (non-hydrogen) atoms. The van der Waals surface area contributed by atoms with Crippen molar-refractivity contribution in [1.29, 1.82) is 0 Å². The molecular weight excluding hydrogens is 369 g/mol. The zero-order chi connectivity index (χ0) is 20.3. The molecule has 1 aromatic heterocycles. The molecule has 0 N–H and O–H groups in total. The SMILES string of the molecule is CCCC(=O)c1ccc(Cc2ccc(C(F)(F)F)cc2)c(-c2nnn(C)n2)c1. The van der Waals surface area contributed by atoms with Gasteiger partial charge in [0.15, 0.2) is 5.78 Å². The fraction of sp³-hybridized carbons (Fsp3) is 0.300. The predicted molar refractivity (Wildman–Crippen MR) is 97.7 cm³/mol. The Kier molecular flexibility index (Phi) is 5.58. The molecule has 0 spiro atoms. The number of carbonyl (C=O) groups excluding carboxylic acids is 1. The van der Waals surface area contributed by atoms with Crippen LogP contribution in [0.4, 0.5) is 13.2 Å². The van der Waals surface area contributed by atoms with Crippen molar-refractivity contribution < 1.29 is 18.0 Å². The van der Waals surface area contributed by atoms with Crippen LogP contribution in [0.1, 0.15) is 46.8 Å². The summed E-state index contributed by atoms with van der Waals surface area (Å²) in [5.74, 6) is 0.393. The van der Waals surface area contributed by atoms with E-state index in [1.165, 1.54) is 16.9 Å². The highest BCUT2D eigenvalue weighted by molar-refractivity contribution is 5.97. The summed E-state index contributed by atoms with van der Waals surface area (Å²) in [6.45, 7) is 1.93. The highest BCUT2D eigenvalue weighted by atomic mass is 19.4. The van der Waals surface area contributed by atoms with Crippen molar-refractivity contribution in [2.45, 2.75) is 32.4 Å². The van der Waals surface area contributed by atoms with E-state index in [4.69, 9.17) is 0 Å². The first-order chi connectivity index (χ1) is 13.3. The van der Waals surface area contributed by atoms with E-state index in [0.29, 0.717) is 35.4 Å². The fourth-order valence-corrected chi connectivity index (χ4v) is 2.91. The van der Waals surface area contributed by atoms with Crippen LogP contribution in [0.3, 0.4) is 0 Å². The Balaban J connectivity index is 1.96. The summed E-state index contributed by atoms with van der Waals surface area (Å²) >= 11 is 0. The maximum atomic E-state index is 12.8. The summed E-state index contributed by atoms with van der Waals surface area (Å²) in [6, 6.07) is 10.3. The Morgan fingerprint density at radius 3 is 2.39 bits per heavy atom. The van der Waals surface area contributed by atoms with E-state index in [9.17, 15) is 18.0 Å². The van der Waals surface area contributed by atoms with E-state index in [0.717, 1.165) is 24.1 Å². The van der Waals surface area contributed by atoms with Gasteiger partial charge >= 0.3 is 6.18 Å². The monoisotopic (exact) mass is 388 g/mol. The van der Waals surface area contributed by atoms with Crippen molar-refractivity contribution in [1.82, 2.24) is 20.2 Å². The van der Waals surface area contributed by atoms with Crippen molar-refractivity contribution in [3.63, 3.8) is 0 Å². The third-order valence-corrected chi connectivity index (χ3v) is 4.33. The lowest BCUT2D eigenvalue weighted by Crippen LogP contribution is -2.05. The van der Waals surface area contributed by atoms with E-state index in [1.54, 1.807) is 25.2 Å². The van der Waals surface area contributed by atoms with Gasteiger partial charge in [0.1, 0.15) is 0 Å². The van der Waals surface area contributed by atoms with E-state index in [-0.39, 0.29) is 5.78 Å². The minimum absolute atomic E-state index is 0.0220. The molecular formula is C20H19F3N4O. The van der Waals surface area contributed by atoms with Crippen molar-refractivity contribution in [2.75, 3.05) is 0 Å². The highest BCUT2D eigenvalue weighted by Crippen LogP contribution is 2.30. The molecule has 0 aliphatic rings. The van der Waals surface area contributed by atoms with Crippen LogP contribution in [0.5, 0.6) is 0 Å². The molecule has 8 heteroatoms. The molecule has 0 unspecified atom stereocenters. The van der Waals surface area contributed by atoms with Crippen LogP contribution >= 0.6 is 0 Å². The van der Waals surface area contributed by atoms with Gasteiger partial charge in [-0.2, -0.15) is 18.0 Å². The Labute approximate surface area is 160 Å². The molecule has 2 aromatic carbocycles. The molecule has 0 saturated carbocycles. The summed E-state index contributed by atoms with van der Waals surface area (Å²) in [5.41, 5.74) is 2.04. The molecule has 0 saturated heterocycles. The molecule has 146 valence electrons. The van der Waals surface area contributed by atoms with Crippen LogP contribution in [-0.4, -0.2) is 26.0 Å². The number of carbonyl (C=O) groups is 1. The number of aromatic nitrogens is 4. The van der Waals surface area contributed by atoms with Gasteiger partial charge in [0.25, 0.3) is 0 Å². The normalized spacial score (nSPS) is 11.6. The van der Waals surface area contributed by atoms with Crippen LogP contribution in [0.2, 0.25) is 0 Å². The second-order valence-corrected chi connectivity index (χ2v) is 6.52. The maximum absolute atomic E-state index is 12.8. The Morgan fingerprint density at radius 2 is 1.82 bits per heavy atom. The molecule has 1 heterocycles. The molecule has 0 fully saturated rings.